The predicted molar refractivity (Wildman–Crippen MR) is 56.8 cm³/mol. The first kappa shape index (κ1) is 10.6. The number of hydrogen-bond acceptors (Lipinski definition) is 4. The van der Waals surface area contributed by atoms with E-state index < -0.39 is 0 Å². The summed E-state index contributed by atoms with van der Waals surface area (Å²) in [6, 6.07) is 0.234. The lowest BCUT2D eigenvalue weighted by Gasteiger charge is -2.17. The Morgan fingerprint density at radius 3 is 2.85 bits per heavy atom. The highest BCUT2D eigenvalue weighted by molar-refractivity contribution is 7.09. The van der Waals surface area contributed by atoms with Gasteiger partial charge < -0.3 is 5.73 Å². The molecule has 0 radical (unpaired) electrons. The van der Waals surface area contributed by atoms with Crippen molar-refractivity contribution >= 4 is 11.3 Å². The molecule has 3 nitrogen and oxygen atoms in total. The molecule has 0 aliphatic carbocycles. The topological polar surface area (TPSA) is 42.2 Å². The van der Waals surface area contributed by atoms with Crippen molar-refractivity contribution < 1.29 is 0 Å². The number of hydrogen-bond donors (Lipinski definition) is 1. The minimum atomic E-state index is 0.234. The number of nitrogens with two attached hydrogens (primary N) is 1. The molecule has 74 valence electrons. The van der Waals surface area contributed by atoms with Gasteiger partial charge in [0.2, 0.25) is 0 Å². The first-order chi connectivity index (χ1) is 6.09. The molecular weight excluding hydrogens is 182 g/mol. The molecule has 1 atom stereocenters. The van der Waals surface area contributed by atoms with Gasteiger partial charge in [0, 0.05) is 24.0 Å². The van der Waals surface area contributed by atoms with Crippen molar-refractivity contribution in [1.82, 2.24) is 9.88 Å². The molecular formula is C9H17N3S. The summed E-state index contributed by atoms with van der Waals surface area (Å²) in [7, 11) is 2.09. The number of rotatable bonds is 4. The molecule has 0 aromatic carbocycles. The van der Waals surface area contributed by atoms with Gasteiger partial charge in [-0.25, -0.2) is 4.98 Å². The Hall–Kier alpha value is -0.450. The third-order valence-corrected chi connectivity index (χ3v) is 2.78. The lowest BCUT2D eigenvalue weighted by atomic mass is 10.3. The van der Waals surface area contributed by atoms with Gasteiger partial charge in [-0.1, -0.05) is 0 Å². The van der Waals surface area contributed by atoms with Crippen LogP contribution in [0.15, 0.2) is 5.51 Å². The van der Waals surface area contributed by atoms with Crippen LogP contribution in [0.2, 0.25) is 0 Å². The second kappa shape index (κ2) is 4.69. The van der Waals surface area contributed by atoms with Crippen molar-refractivity contribution in [2.75, 3.05) is 13.6 Å². The SMILES string of the molecule is Cc1ncsc1CN(C)CC(C)N. The summed E-state index contributed by atoms with van der Waals surface area (Å²) in [6.45, 7) is 5.96. The van der Waals surface area contributed by atoms with Gasteiger partial charge in [-0.2, -0.15) is 0 Å². The van der Waals surface area contributed by atoms with E-state index in [1.165, 1.54) is 4.88 Å². The molecule has 0 saturated carbocycles. The average molecular weight is 199 g/mol. The Morgan fingerprint density at radius 1 is 1.69 bits per heavy atom. The molecule has 0 aliphatic heterocycles. The van der Waals surface area contributed by atoms with Crippen molar-refractivity contribution in [3.8, 4) is 0 Å². The summed E-state index contributed by atoms with van der Waals surface area (Å²) >= 11 is 1.71. The van der Waals surface area contributed by atoms with Crippen molar-refractivity contribution in [1.29, 1.82) is 0 Å². The number of nitrogens with zero attached hydrogens (tertiary/aromatic N) is 2. The molecule has 0 bridgehead atoms. The van der Waals surface area contributed by atoms with Crippen molar-refractivity contribution in [2.45, 2.75) is 26.4 Å². The van der Waals surface area contributed by atoms with E-state index in [4.69, 9.17) is 5.73 Å². The maximum atomic E-state index is 5.71. The zero-order chi connectivity index (χ0) is 9.84. The molecule has 1 unspecified atom stereocenters. The van der Waals surface area contributed by atoms with E-state index in [-0.39, 0.29) is 6.04 Å². The fourth-order valence-corrected chi connectivity index (χ4v) is 2.14. The number of aromatic nitrogens is 1. The minimum absolute atomic E-state index is 0.234. The normalized spacial score (nSPS) is 13.6. The van der Waals surface area contributed by atoms with E-state index in [0.717, 1.165) is 18.8 Å². The minimum Gasteiger partial charge on any atom is -0.327 e. The highest BCUT2D eigenvalue weighted by Gasteiger charge is 2.06. The van der Waals surface area contributed by atoms with Gasteiger partial charge in [0.1, 0.15) is 0 Å². The Morgan fingerprint density at radius 2 is 2.38 bits per heavy atom. The molecule has 0 saturated heterocycles. The van der Waals surface area contributed by atoms with Crippen LogP contribution in [0.3, 0.4) is 0 Å². The van der Waals surface area contributed by atoms with Gasteiger partial charge in [0.05, 0.1) is 11.2 Å². The molecule has 13 heavy (non-hydrogen) atoms. The highest BCUT2D eigenvalue weighted by Crippen LogP contribution is 2.13. The van der Waals surface area contributed by atoms with Crippen molar-refractivity contribution in [2.24, 2.45) is 5.73 Å². The molecule has 1 heterocycles. The van der Waals surface area contributed by atoms with E-state index >= 15 is 0 Å². The van der Waals surface area contributed by atoms with Crippen LogP contribution in [0, 0.1) is 6.92 Å². The fourth-order valence-electron chi connectivity index (χ4n) is 1.28. The van der Waals surface area contributed by atoms with Crippen molar-refractivity contribution in [3.05, 3.63) is 16.1 Å². The van der Waals surface area contributed by atoms with Crippen LogP contribution in [0.4, 0.5) is 0 Å². The Kier molecular flexibility index (Phi) is 3.84. The number of aryl methyl sites for hydroxylation is 1. The zero-order valence-corrected chi connectivity index (χ0v) is 9.27. The number of likely N-dealkylation sites (N-methyl/N-ethyl adjacent to an activating group) is 1. The van der Waals surface area contributed by atoms with Gasteiger partial charge in [-0.15, -0.1) is 11.3 Å². The molecule has 1 aromatic rings. The molecule has 1 aromatic heterocycles. The summed E-state index contributed by atoms with van der Waals surface area (Å²) in [5.74, 6) is 0. The Balaban J connectivity index is 2.45. The van der Waals surface area contributed by atoms with Crippen LogP contribution in [-0.4, -0.2) is 29.5 Å². The standard InChI is InChI=1S/C9H17N3S/c1-7(10)4-12(3)5-9-8(2)11-6-13-9/h6-7H,4-5,10H2,1-3H3. The Labute approximate surface area is 83.6 Å². The summed E-state index contributed by atoms with van der Waals surface area (Å²) in [5.41, 5.74) is 8.74. The summed E-state index contributed by atoms with van der Waals surface area (Å²) in [4.78, 5) is 7.77. The molecule has 2 N–H and O–H groups in total. The Bertz CT molecular complexity index is 257. The highest BCUT2D eigenvalue weighted by atomic mass is 32.1. The maximum absolute atomic E-state index is 5.71. The smallest absolute Gasteiger partial charge is 0.0798 e. The molecule has 0 spiro atoms. The summed E-state index contributed by atoms with van der Waals surface area (Å²) in [6.07, 6.45) is 0. The van der Waals surface area contributed by atoms with E-state index in [1.807, 2.05) is 19.4 Å². The first-order valence-corrected chi connectivity index (χ1v) is 5.30. The van der Waals surface area contributed by atoms with Gasteiger partial charge in [0.15, 0.2) is 0 Å². The second-order valence-corrected chi connectivity index (χ2v) is 4.47. The summed E-state index contributed by atoms with van der Waals surface area (Å²) in [5, 5.41) is 0. The average Bonchev–Trinajstić information content (AvgIpc) is 2.34. The van der Waals surface area contributed by atoms with Crippen LogP contribution >= 0.6 is 11.3 Å². The first-order valence-electron chi connectivity index (χ1n) is 4.42. The molecule has 4 heteroatoms. The third-order valence-electron chi connectivity index (χ3n) is 1.86. The van der Waals surface area contributed by atoms with E-state index in [2.05, 4.69) is 16.9 Å². The molecule has 0 amide bonds. The van der Waals surface area contributed by atoms with Crippen LogP contribution in [0.1, 0.15) is 17.5 Å². The van der Waals surface area contributed by atoms with Gasteiger partial charge in [-0.3, -0.25) is 4.90 Å². The lowest BCUT2D eigenvalue weighted by molar-refractivity contribution is 0.312. The molecule has 0 fully saturated rings. The quantitative estimate of drug-likeness (QED) is 0.793. The van der Waals surface area contributed by atoms with Gasteiger partial charge in [0.25, 0.3) is 0 Å². The second-order valence-electron chi connectivity index (χ2n) is 3.53. The lowest BCUT2D eigenvalue weighted by Crippen LogP contribution is -2.32. The van der Waals surface area contributed by atoms with Crippen LogP contribution in [0.25, 0.3) is 0 Å². The monoisotopic (exact) mass is 199 g/mol. The fraction of sp³-hybridized carbons (Fsp3) is 0.667. The number of thiazole rings is 1. The van der Waals surface area contributed by atoms with Crippen LogP contribution in [0.5, 0.6) is 0 Å². The van der Waals surface area contributed by atoms with E-state index in [0.29, 0.717) is 0 Å². The van der Waals surface area contributed by atoms with Crippen molar-refractivity contribution in [3.63, 3.8) is 0 Å². The van der Waals surface area contributed by atoms with E-state index in [9.17, 15) is 0 Å². The molecule has 1 rings (SSSR count). The van der Waals surface area contributed by atoms with Gasteiger partial charge >= 0.3 is 0 Å². The van der Waals surface area contributed by atoms with Gasteiger partial charge in [-0.05, 0) is 20.9 Å². The largest absolute Gasteiger partial charge is 0.327 e. The van der Waals surface area contributed by atoms with Crippen LogP contribution in [-0.2, 0) is 6.54 Å². The summed E-state index contributed by atoms with van der Waals surface area (Å²) < 4.78 is 0. The maximum Gasteiger partial charge on any atom is 0.0798 e. The zero-order valence-electron chi connectivity index (χ0n) is 8.45. The third kappa shape index (κ3) is 3.42. The van der Waals surface area contributed by atoms with Crippen LogP contribution < -0.4 is 5.73 Å². The van der Waals surface area contributed by atoms with E-state index in [1.54, 1.807) is 11.3 Å². The predicted octanol–water partition coefficient (Wildman–Crippen LogP) is 1.23. The molecule has 0 aliphatic rings.